The minimum absolute atomic E-state index is 0.0920. The monoisotopic (exact) mass is 206 g/mol. The second kappa shape index (κ2) is 3.15. The number of aromatic hydroxyl groups is 1. The van der Waals surface area contributed by atoms with Crippen molar-refractivity contribution in [3.63, 3.8) is 0 Å². The lowest BCUT2D eigenvalue weighted by Gasteiger charge is -2.29. The molecule has 0 atom stereocenters. The summed E-state index contributed by atoms with van der Waals surface area (Å²) < 4.78 is 0. The Hall–Kier alpha value is -1.71. The van der Waals surface area contributed by atoms with Gasteiger partial charge in [0.2, 0.25) is 0 Å². The van der Waals surface area contributed by atoms with Gasteiger partial charge in [0.05, 0.1) is 5.54 Å². The molecule has 2 N–H and O–H groups in total. The number of nitrogens with zero attached hydrogens (tertiary/aromatic N) is 1. The average molecular weight is 206 g/mol. The van der Waals surface area contributed by atoms with Crippen molar-refractivity contribution in [1.29, 1.82) is 0 Å². The number of nitrogens with one attached hydrogen (secondary N) is 1. The smallest absolute Gasteiger partial charge is 0.322 e. The summed E-state index contributed by atoms with van der Waals surface area (Å²) in [6, 6.07) is 6.54. The minimum Gasteiger partial charge on any atom is -0.508 e. The molecule has 1 aromatic carbocycles. The van der Waals surface area contributed by atoms with Crippen LogP contribution in [0.1, 0.15) is 13.8 Å². The summed E-state index contributed by atoms with van der Waals surface area (Å²) in [6.07, 6.45) is 0. The molecule has 15 heavy (non-hydrogen) atoms. The predicted octanol–water partition coefficient (Wildman–Crippen LogP) is 1.70. The molecule has 0 saturated carbocycles. The number of phenols is 1. The van der Waals surface area contributed by atoms with E-state index in [4.69, 9.17) is 0 Å². The lowest BCUT2D eigenvalue weighted by atomic mass is 10.0. The molecule has 0 aromatic heterocycles. The van der Waals surface area contributed by atoms with Crippen LogP contribution in [-0.2, 0) is 0 Å². The molecule has 0 aliphatic carbocycles. The van der Waals surface area contributed by atoms with Gasteiger partial charge in [0.15, 0.2) is 0 Å². The van der Waals surface area contributed by atoms with Crippen LogP contribution in [0.5, 0.6) is 5.75 Å². The molecule has 1 aliphatic heterocycles. The molecule has 4 nitrogen and oxygen atoms in total. The van der Waals surface area contributed by atoms with Gasteiger partial charge in [-0.3, -0.25) is 4.90 Å². The molecule has 2 rings (SSSR count). The largest absolute Gasteiger partial charge is 0.508 e. The quantitative estimate of drug-likeness (QED) is 0.734. The molecule has 1 aliphatic rings. The Balaban J connectivity index is 2.37. The molecule has 0 spiro atoms. The fourth-order valence-corrected chi connectivity index (χ4v) is 1.79. The highest BCUT2D eigenvalue weighted by Crippen LogP contribution is 2.28. The molecular weight excluding hydrogens is 192 g/mol. The van der Waals surface area contributed by atoms with Gasteiger partial charge in [-0.25, -0.2) is 4.79 Å². The fourth-order valence-electron chi connectivity index (χ4n) is 1.79. The van der Waals surface area contributed by atoms with Gasteiger partial charge in [-0.15, -0.1) is 0 Å². The van der Waals surface area contributed by atoms with Crippen LogP contribution >= 0.6 is 0 Å². The van der Waals surface area contributed by atoms with E-state index < -0.39 is 0 Å². The van der Waals surface area contributed by atoms with Crippen LogP contribution in [0.4, 0.5) is 10.5 Å². The highest BCUT2D eigenvalue weighted by atomic mass is 16.3. The first-order chi connectivity index (χ1) is 7.00. The molecule has 0 radical (unpaired) electrons. The van der Waals surface area contributed by atoms with Gasteiger partial charge in [0.25, 0.3) is 0 Å². The summed E-state index contributed by atoms with van der Waals surface area (Å²) in [6.45, 7) is 4.63. The molecule has 0 bridgehead atoms. The molecular formula is C11H14N2O2. The minimum atomic E-state index is -0.228. The summed E-state index contributed by atoms with van der Waals surface area (Å²) in [5.74, 6) is 0.205. The lowest BCUT2D eigenvalue weighted by Crippen LogP contribution is -2.42. The van der Waals surface area contributed by atoms with Crippen molar-refractivity contribution in [2.75, 3.05) is 11.4 Å². The zero-order valence-electron chi connectivity index (χ0n) is 8.82. The fraction of sp³-hybridized carbons (Fsp3) is 0.364. The van der Waals surface area contributed by atoms with Gasteiger partial charge in [0.1, 0.15) is 5.75 Å². The number of hydrogen-bond donors (Lipinski definition) is 2. The van der Waals surface area contributed by atoms with Crippen molar-refractivity contribution in [2.45, 2.75) is 19.4 Å². The SMILES string of the molecule is CC1(C)CNC(=O)N1c1ccc(O)cc1. The van der Waals surface area contributed by atoms with E-state index in [0.717, 1.165) is 5.69 Å². The molecule has 1 heterocycles. The third-order valence-corrected chi connectivity index (χ3v) is 2.59. The lowest BCUT2D eigenvalue weighted by molar-refractivity contribution is 0.251. The maximum atomic E-state index is 11.6. The van der Waals surface area contributed by atoms with Crippen molar-refractivity contribution in [3.8, 4) is 5.75 Å². The number of urea groups is 1. The number of rotatable bonds is 1. The van der Waals surface area contributed by atoms with E-state index in [-0.39, 0.29) is 17.3 Å². The summed E-state index contributed by atoms with van der Waals surface area (Å²) in [4.78, 5) is 13.3. The second-order valence-corrected chi connectivity index (χ2v) is 4.32. The Kier molecular flexibility index (Phi) is 2.07. The van der Waals surface area contributed by atoms with Gasteiger partial charge in [-0.2, -0.15) is 0 Å². The van der Waals surface area contributed by atoms with Gasteiger partial charge >= 0.3 is 6.03 Å². The van der Waals surface area contributed by atoms with Crippen LogP contribution < -0.4 is 10.2 Å². The highest BCUT2D eigenvalue weighted by molar-refractivity contribution is 5.96. The van der Waals surface area contributed by atoms with Crippen molar-refractivity contribution >= 4 is 11.7 Å². The Morgan fingerprint density at radius 2 is 1.93 bits per heavy atom. The van der Waals surface area contributed by atoms with Gasteiger partial charge in [0, 0.05) is 12.2 Å². The first-order valence-corrected chi connectivity index (χ1v) is 4.88. The molecule has 80 valence electrons. The summed E-state index contributed by atoms with van der Waals surface area (Å²) in [5.41, 5.74) is 0.571. The average Bonchev–Trinajstić information content (AvgIpc) is 2.43. The van der Waals surface area contributed by atoms with Crippen LogP contribution in [0.25, 0.3) is 0 Å². The van der Waals surface area contributed by atoms with Crippen LogP contribution in [0, 0.1) is 0 Å². The molecule has 2 amide bonds. The Morgan fingerprint density at radius 3 is 2.40 bits per heavy atom. The normalized spacial score (nSPS) is 19.1. The molecule has 0 unspecified atom stereocenters. The van der Waals surface area contributed by atoms with Crippen LogP contribution in [-0.4, -0.2) is 23.2 Å². The Bertz CT molecular complexity index is 384. The molecule has 1 fully saturated rings. The summed E-state index contributed by atoms with van der Waals surface area (Å²) in [7, 11) is 0. The van der Waals surface area contributed by atoms with Crippen LogP contribution in [0.3, 0.4) is 0 Å². The standard InChI is InChI=1S/C11H14N2O2/c1-11(2)7-12-10(15)13(11)8-3-5-9(14)6-4-8/h3-6,14H,7H2,1-2H3,(H,12,15). The van der Waals surface area contributed by atoms with Gasteiger partial charge < -0.3 is 10.4 Å². The zero-order chi connectivity index (χ0) is 11.1. The maximum Gasteiger partial charge on any atom is 0.322 e. The van der Waals surface area contributed by atoms with Crippen LogP contribution in [0.15, 0.2) is 24.3 Å². The zero-order valence-corrected chi connectivity index (χ0v) is 8.82. The molecule has 4 heteroatoms. The van der Waals surface area contributed by atoms with Gasteiger partial charge in [-0.05, 0) is 38.1 Å². The molecule has 1 saturated heterocycles. The second-order valence-electron chi connectivity index (χ2n) is 4.32. The first kappa shape index (κ1) is 9.83. The summed E-state index contributed by atoms with van der Waals surface area (Å²) in [5, 5.41) is 12.0. The molecule has 1 aromatic rings. The number of carbonyl (C=O) groups is 1. The Labute approximate surface area is 88.5 Å². The van der Waals surface area contributed by atoms with E-state index in [9.17, 15) is 9.90 Å². The maximum absolute atomic E-state index is 11.6. The van der Waals surface area contributed by atoms with E-state index in [1.807, 2.05) is 13.8 Å². The third-order valence-electron chi connectivity index (χ3n) is 2.59. The number of benzene rings is 1. The van der Waals surface area contributed by atoms with E-state index in [2.05, 4.69) is 5.32 Å². The van der Waals surface area contributed by atoms with E-state index in [1.165, 1.54) is 0 Å². The van der Waals surface area contributed by atoms with Gasteiger partial charge in [-0.1, -0.05) is 0 Å². The number of carbonyl (C=O) groups excluding carboxylic acids is 1. The van der Waals surface area contributed by atoms with E-state index in [0.29, 0.717) is 6.54 Å². The number of amides is 2. The van der Waals surface area contributed by atoms with Crippen molar-refractivity contribution in [2.24, 2.45) is 0 Å². The number of anilines is 1. The topological polar surface area (TPSA) is 52.6 Å². The third kappa shape index (κ3) is 1.63. The predicted molar refractivity (Wildman–Crippen MR) is 58.1 cm³/mol. The highest BCUT2D eigenvalue weighted by Gasteiger charge is 2.38. The van der Waals surface area contributed by atoms with E-state index in [1.54, 1.807) is 29.2 Å². The van der Waals surface area contributed by atoms with Crippen molar-refractivity contribution < 1.29 is 9.90 Å². The number of hydrogen-bond acceptors (Lipinski definition) is 2. The van der Waals surface area contributed by atoms with Crippen molar-refractivity contribution in [3.05, 3.63) is 24.3 Å². The first-order valence-electron chi connectivity index (χ1n) is 4.88. The Morgan fingerprint density at radius 1 is 1.33 bits per heavy atom. The van der Waals surface area contributed by atoms with Crippen molar-refractivity contribution in [1.82, 2.24) is 5.32 Å². The van der Waals surface area contributed by atoms with Crippen LogP contribution in [0.2, 0.25) is 0 Å². The summed E-state index contributed by atoms with van der Waals surface area (Å²) >= 11 is 0. The number of phenolic OH excluding ortho intramolecular Hbond substituents is 1. The van der Waals surface area contributed by atoms with E-state index >= 15 is 0 Å².